The van der Waals surface area contributed by atoms with E-state index >= 15 is 0 Å². The smallest absolute Gasteiger partial charge is 0.243 e. The Morgan fingerprint density at radius 3 is 3.29 bits per heavy atom. The first kappa shape index (κ1) is 11.3. The molecule has 0 atom stereocenters. The van der Waals surface area contributed by atoms with Crippen molar-refractivity contribution >= 4 is 17.4 Å². The van der Waals surface area contributed by atoms with Crippen LogP contribution in [-0.4, -0.2) is 45.2 Å². The molecule has 0 saturated carbocycles. The van der Waals surface area contributed by atoms with Gasteiger partial charge < -0.3 is 15.8 Å². The Kier molecular flexibility index (Phi) is 3.46. The van der Waals surface area contributed by atoms with Gasteiger partial charge in [-0.25, -0.2) is 4.98 Å². The first-order valence-electron chi connectivity index (χ1n) is 5.01. The molecule has 2 aromatic rings. The fraction of sp³-hybridized carbons (Fsp3) is 0.333. The minimum Gasteiger partial charge on any atom is -0.370 e. The van der Waals surface area contributed by atoms with Gasteiger partial charge in [-0.15, -0.1) is 10.2 Å². The lowest BCUT2D eigenvalue weighted by atomic mass is 10.5. The second kappa shape index (κ2) is 5.21. The first-order chi connectivity index (χ1) is 8.27. The zero-order chi connectivity index (χ0) is 12.1. The molecule has 0 fully saturated rings. The fourth-order valence-corrected chi connectivity index (χ4v) is 1.30. The minimum absolute atomic E-state index is 0.0791. The maximum absolute atomic E-state index is 10.4. The molecular formula is C9H12N6O2. The third-order valence-corrected chi connectivity index (χ3v) is 2.00. The number of primary amides is 1. The number of nitrogens with one attached hydrogen (secondary N) is 1. The van der Waals surface area contributed by atoms with Crippen LogP contribution in [0.15, 0.2) is 18.7 Å². The van der Waals surface area contributed by atoms with Gasteiger partial charge in [0.15, 0.2) is 5.82 Å². The maximum Gasteiger partial charge on any atom is 0.243 e. The number of aromatic nitrogens is 4. The van der Waals surface area contributed by atoms with E-state index in [1.807, 2.05) is 0 Å². The van der Waals surface area contributed by atoms with Gasteiger partial charge in [-0.2, -0.15) is 0 Å². The molecule has 2 rings (SSSR count). The molecule has 0 spiro atoms. The summed E-state index contributed by atoms with van der Waals surface area (Å²) in [5.74, 6) is 0.135. The number of hydrogen-bond donors (Lipinski definition) is 2. The summed E-state index contributed by atoms with van der Waals surface area (Å²) in [6.45, 7) is 0.789. The Bertz CT molecular complexity index is 511. The van der Waals surface area contributed by atoms with Crippen LogP contribution in [0.5, 0.6) is 0 Å². The first-order valence-corrected chi connectivity index (χ1v) is 5.01. The number of amides is 1. The third kappa shape index (κ3) is 2.88. The predicted molar refractivity (Wildman–Crippen MR) is 59.3 cm³/mol. The zero-order valence-corrected chi connectivity index (χ0v) is 9.04. The Morgan fingerprint density at radius 1 is 1.59 bits per heavy atom. The molecule has 0 bridgehead atoms. The van der Waals surface area contributed by atoms with E-state index in [2.05, 4.69) is 20.5 Å². The molecule has 0 radical (unpaired) electrons. The number of fused-ring (bicyclic) bond motifs is 1. The second-order valence-corrected chi connectivity index (χ2v) is 3.28. The van der Waals surface area contributed by atoms with E-state index in [-0.39, 0.29) is 6.61 Å². The van der Waals surface area contributed by atoms with Crippen LogP contribution in [0.2, 0.25) is 0 Å². The molecule has 0 saturated heterocycles. The molecule has 0 aliphatic rings. The standard InChI is InChI=1S/C9H12N6O2/c10-7(16)5-17-4-2-12-8-9-14-13-6-15(9)3-1-11-8/h1,3,6H,2,4-5H2,(H2,10,16)(H,11,12). The van der Waals surface area contributed by atoms with Crippen LogP contribution in [0, 0.1) is 0 Å². The summed E-state index contributed by atoms with van der Waals surface area (Å²) in [5.41, 5.74) is 5.57. The Balaban J connectivity index is 1.86. The summed E-state index contributed by atoms with van der Waals surface area (Å²) < 4.78 is 6.75. The van der Waals surface area contributed by atoms with E-state index in [4.69, 9.17) is 10.5 Å². The van der Waals surface area contributed by atoms with E-state index in [1.165, 1.54) is 0 Å². The zero-order valence-electron chi connectivity index (χ0n) is 9.04. The molecule has 1 amide bonds. The molecular weight excluding hydrogens is 224 g/mol. The van der Waals surface area contributed by atoms with Crippen molar-refractivity contribution < 1.29 is 9.53 Å². The summed E-state index contributed by atoms with van der Waals surface area (Å²) in [7, 11) is 0. The highest BCUT2D eigenvalue weighted by Crippen LogP contribution is 2.08. The van der Waals surface area contributed by atoms with Gasteiger partial charge in [-0.05, 0) is 0 Å². The monoisotopic (exact) mass is 236 g/mol. The van der Waals surface area contributed by atoms with Crippen LogP contribution in [0.4, 0.5) is 5.82 Å². The maximum atomic E-state index is 10.4. The molecule has 0 aliphatic carbocycles. The van der Waals surface area contributed by atoms with Crippen molar-refractivity contribution in [2.45, 2.75) is 0 Å². The highest BCUT2D eigenvalue weighted by molar-refractivity contribution is 5.74. The van der Waals surface area contributed by atoms with Crippen LogP contribution in [0.3, 0.4) is 0 Å². The topological polar surface area (TPSA) is 107 Å². The summed E-state index contributed by atoms with van der Waals surface area (Å²) in [6, 6.07) is 0. The van der Waals surface area contributed by atoms with Crippen molar-refractivity contribution in [1.82, 2.24) is 19.6 Å². The van der Waals surface area contributed by atoms with E-state index in [0.717, 1.165) is 0 Å². The van der Waals surface area contributed by atoms with Crippen molar-refractivity contribution in [2.24, 2.45) is 5.73 Å². The van der Waals surface area contributed by atoms with Gasteiger partial charge >= 0.3 is 0 Å². The van der Waals surface area contributed by atoms with Gasteiger partial charge in [0.25, 0.3) is 0 Å². The minimum atomic E-state index is -0.484. The van der Waals surface area contributed by atoms with Gasteiger partial charge in [0.2, 0.25) is 11.6 Å². The number of rotatable bonds is 6. The molecule has 0 unspecified atom stereocenters. The van der Waals surface area contributed by atoms with Crippen LogP contribution < -0.4 is 11.1 Å². The van der Waals surface area contributed by atoms with Crippen LogP contribution >= 0.6 is 0 Å². The SMILES string of the molecule is NC(=O)COCCNc1nccn2cnnc12. The van der Waals surface area contributed by atoms with Crippen LogP contribution in [-0.2, 0) is 9.53 Å². The number of anilines is 1. The van der Waals surface area contributed by atoms with E-state index < -0.39 is 5.91 Å². The van der Waals surface area contributed by atoms with Crippen molar-refractivity contribution in [2.75, 3.05) is 25.1 Å². The Hall–Kier alpha value is -2.22. The lowest BCUT2D eigenvalue weighted by Crippen LogP contribution is -2.20. The van der Waals surface area contributed by atoms with Gasteiger partial charge in [-0.1, -0.05) is 0 Å². The van der Waals surface area contributed by atoms with Crippen molar-refractivity contribution in [1.29, 1.82) is 0 Å². The Labute approximate surface area is 96.8 Å². The summed E-state index contributed by atoms with van der Waals surface area (Å²) in [5, 5.41) is 10.7. The number of nitrogens with two attached hydrogens (primary N) is 1. The third-order valence-electron chi connectivity index (χ3n) is 2.00. The number of carbonyl (C=O) groups excluding carboxylic acids is 1. The van der Waals surface area contributed by atoms with Crippen molar-refractivity contribution in [3.05, 3.63) is 18.7 Å². The second-order valence-electron chi connectivity index (χ2n) is 3.28. The summed E-state index contributed by atoms with van der Waals surface area (Å²) in [4.78, 5) is 14.5. The van der Waals surface area contributed by atoms with Gasteiger partial charge in [0, 0.05) is 18.9 Å². The highest BCUT2D eigenvalue weighted by atomic mass is 16.5. The highest BCUT2D eigenvalue weighted by Gasteiger charge is 2.03. The summed E-state index contributed by atoms with van der Waals surface area (Å²) in [6.07, 6.45) is 4.98. The molecule has 0 aromatic carbocycles. The molecule has 90 valence electrons. The number of ether oxygens (including phenoxy) is 1. The normalized spacial score (nSPS) is 10.6. The van der Waals surface area contributed by atoms with Crippen molar-refractivity contribution in [3.8, 4) is 0 Å². The quantitative estimate of drug-likeness (QED) is 0.625. The lowest BCUT2D eigenvalue weighted by Gasteiger charge is -2.05. The van der Waals surface area contributed by atoms with Gasteiger partial charge in [0.1, 0.15) is 12.9 Å². The van der Waals surface area contributed by atoms with Gasteiger partial charge in [0.05, 0.1) is 6.61 Å². The van der Waals surface area contributed by atoms with Crippen LogP contribution in [0.25, 0.3) is 5.65 Å². The van der Waals surface area contributed by atoms with E-state index in [0.29, 0.717) is 24.6 Å². The van der Waals surface area contributed by atoms with Crippen molar-refractivity contribution in [3.63, 3.8) is 0 Å². The Morgan fingerprint density at radius 2 is 2.47 bits per heavy atom. The number of carbonyl (C=O) groups is 1. The average molecular weight is 236 g/mol. The molecule has 2 heterocycles. The van der Waals surface area contributed by atoms with E-state index in [1.54, 1.807) is 23.1 Å². The fourth-order valence-electron chi connectivity index (χ4n) is 1.30. The van der Waals surface area contributed by atoms with E-state index in [9.17, 15) is 4.79 Å². The molecule has 8 heteroatoms. The molecule has 2 aromatic heterocycles. The molecule has 0 aliphatic heterocycles. The predicted octanol–water partition coefficient (Wildman–Crippen LogP) is -0.962. The summed E-state index contributed by atoms with van der Waals surface area (Å²) >= 11 is 0. The van der Waals surface area contributed by atoms with Crippen LogP contribution in [0.1, 0.15) is 0 Å². The molecule has 3 N–H and O–H groups in total. The largest absolute Gasteiger partial charge is 0.370 e. The lowest BCUT2D eigenvalue weighted by molar-refractivity contribution is -0.122. The number of hydrogen-bond acceptors (Lipinski definition) is 6. The molecule has 8 nitrogen and oxygen atoms in total. The average Bonchev–Trinajstić information content (AvgIpc) is 2.77. The van der Waals surface area contributed by atoms with Gasteiger partial charge in [-0.3, -0.25) is 9.20 Å². The number of nitrogens with zero attached hydrogens (tertiary/aromatic N) is 4. The molecule has 17 heavy (non-hydrogen) atoms.